The van der Waals surface area contributed by atoms with Crippen LogP contribution in [0.15, 0.2) is 0 Å². The quantitative estimate of drug-likeness (QED) is 0.780. The second-order valence-electron chi connectivity index (χ2n) is 5.83. The first-order chi connectivity index (χ1) is 7.83. The monoisotopic (exact) mass is 225 g/mol. The Bertz CT molecular complexity index is 189. The predicted octanol–water partition coefficient (Wildman–Crippen LogP) is 2.96. The number of ether oxygens (including phenoxy) is 1. The van der Waals surface area contributed by atoms with Crippen LogP contribution in [0.25, 0.3) is 0 Å². The summed E-state index contributed by atoms with van der Waals surface area (Å²) in [7, 11) is 1.84. The minimum absolute atomic E-state index is 0.307. The van der Waals surface area contributed by atoms with E-state index in [-0.39, 0.29) is 0 Å². The van der Waals surface area contributed by atoms with E-state index in [4.69, 9.17) is 10.5 Å². The Morgan fingerprint density at radius 3 is 1.75 bits per heavy atom. The van der Waals surface area contributed by atoms with Crippen molar-refractivity contribution in [3.05, 3.63) is 0 Å². The molecule has 0 amide bonds. The molecular formula is C14H27NO. The van der Waals surface area contributed by atoms with Crippen LogP contribution in [0.1, 0.15) is 51.4 Å². The molecule has 0 unspecified atom stereocenters. The van der Waals surface area contributed by atoms with Crippen molar-refractivity contribution in [1.82, 2.24) is 0 Å². The predicted molar refractivity (Wildman–Crippen MR) is 67.3 cm³/mol. The number of rotatable bonds is 5. The molecule has 0 atom stereocenters. The highest BCUT2D eigenvalue weighted by molar-refractivity contribution is 4.96. The zero-order chi connectivity index (χ0) is 11.4. The van der Waals surface area contributed by atoms with E-state index in [1.807, 2.05) is 7.11 Å². The zero-order valence-electron chi connectivity index (χ0n) is 10.7. The molecule has 0 aromatic carbocycles. The average Bonchev–Trinajstić information content (AvgIpc) is 2.98. The molecule has 0 bridgehead atoms. The Morgan fingerprint density at radius 1 is 1.00 bits per heavy atom. The summed E-state index contributed by atoms with van der Waals surface area (Å²) in [6.07, 6.45) is 11.2. The first-order valence-corrected chi connectivity index (χ1v) is 7.02. The van der Waals surface area contributed by atoms with Crippen LogP contribution in [0.3, 0.4) is 0 Å². The van der Waals surface area contributed by atoms with Gasteiger partial charge >= 0.3 is 0 Å². The molecule has 0 spiro atoms. The molecule has 0 aromatic rings. The smallest absolute Gasteiger partial charge is 0.0536 e. The van der Waals surface area contributed by atoms with Gasteiger partial charge in [0.25, 0.3) is 0 Å². The van der Waals surface area contributed by atoms with Crippen molar-refractivity contribution in [3.8, 4) is 0 Å². The van der Waals surface area contributed by atoms with Gasteiger partial charge < -0.3 is 10.5 Å². The van der Waals surface area contributed by atoms with Crippen LogP contribution in [0.2, 0.25) is 0 Å². The summed E-state index contributed by atoms with van der Waals surface area (Å²) in [5.74, 6) is 1.67. The molecule has 2 fully saturated rings. The van der Waals surface area contributed by atoms with Crippen molar-refractivity contribution < 1.29 is 4.74 Å². The van der Waals surface area contributed by atoms with Crippen LogP contribution >= 0.6 is 0 Å². The maximum Gasteiger partial charge on any atom is 0.0536 e. The van der Waals surface area contributed by atoms with Gasteiger partial charge in [0, 0.05) is 19.1 Å². The lowest BCUT2D eigenvalue weighted by Gasteiger charge is -2.43. The molecular weight excluding hydrogens is 198 g/mol. The molecule has 16 heavy (non-hydrogen) atoms. The van der Waals surface area contributed by atoms with Gasteiger partial charge in [-0.1, -0.05) is 25.7 Å². The average molecular weight is 225 g/mol. The van der Waals surface area contributed by atoms with Gasteiger partial charge in [-0.15, -0.1) is 0 Å². The molecule has 0 heterocycles. The van der Waals surface area contributed by atoms with Crippen molar-refractivity contribution in [2.24, 2.45) is 23.0 Å². The van der Waals surface area contributed by atoms with E-state index in [1.165, 1.54) is 51.4 Å². The zero-order valence-corrected chi connectivity index (χ0v) is 10.7. The Balaban J connectivity index is 2.14. The fourth-order valence-corrected chi connectivity index (χ4v) is 4.23. The van der Waals surface area contributed by atoms with Crippen LogP contribution in [0.5, 0.6) is 0 Å². The second kappa shape index (κ2) is 5.50. The van der Waals surface area contributed by atoms with Crippen molar-refractivity contribution in [2.75, 3.05) is 20.3 Å². The van der Waals surface area contributed by atoms with E-state index in [0.29, 0.717) is 5.41 Å². The molecule has 2 heteroatoms. The number of methoxy groups -OCH3 is 1. The summed E-state index contributed by atoms with van der Waals surface area (Å²) in [4.78, 5) is 0. The molecule has 2 aliphatic carbocycles. The van der Waals surface area contributed by atoms with E-state index >= 15 is 0 Å². The largest absolute Gasteiger partial charge is 0.384 e. The molecule has 2 aliphatic rings. The third kappa shape index (κ3) is 2.14. The van der Waals surface area contributed by atoms with E-state index < -0.39 is 0 Å². The van der Waals surface area contributed by atoms with Gasteiger partial charge in [-0.3, -0.25) is 0 Å². The first-order valence-electron chi connectivity index (χ1n) is 7.02. The topological polar surface area (TPSA) is 35.2 Å². The molecule has 0 saturated heterocycles. The van der Waals surface area contributed by atoms with Gasteiger partial charge in [-0.2, -0.15) is 0 Å². The summed E-state index contributed by atoms with van der Waals surface area (Å²) in [5.41, 5.74) is 6.48. The minimum atomic E-state index is 0.307. The third-order valence-corrected chi connectivity index (χ3v) is 5.13. The lowest BCUT2D eigenvalue weighted by atomic mass is 9.65. The number of hydrogen-bond donors (Lipinski definition) is 1. The van der Waals surface area contributed by atoms with Crippen LogP contribution in [0.4, 0.5) is 0 Å². The van der Waals surface area contributed by atoms with Gasteiger partial charge in [-0.05, 0) is 37.5 Å². The molecule has 0 aliphatic heterocycles. The standard InChI is InChI=1S/C14H27NO/c1-16-11-14(10-15,12-6-2-3-7-12)13-8-4-5-9-13/h12-13H,2-11,15H2,1H3. The number of hydrogen-bond acceptors (Lipinski definition) is 2. The van der Waals surface area contributed by atoms with Crippen molar-refractivity contribution >= 4 is 0 Å². The summed E-state index contributed by atoms with van der Waals surface area (Å²) < 4.78 is 5.54. The second-order valence-corrected chi connectivity index (χ2v) is 5.83. The maximum absolute atomic E-state index is 6.17. The minimum Gasteiger partial charge on any atom is -0.384 e. The summed E-state index contributed by atoms with van der Waals surface area (Å²) in [6.45, 7) is 1.72. The van der Waals surface area contributed by atoms with E-state index in [0.717, 1.165) is 25.0 Å². The normalized spacial score (nSPS) is 24.4. The summed E-state index contributed by atoms with van der Waals surface area (Å²) in [6, 6.07) is 0. The van der Waals surface area contributed by atoms with E-state index in [1.54, 1.807) is 0 Å². The van der Waals surface area contributed by atoms with Gasteiger partial charge in [0.15, 0.2) is 0 Å². The maximum atomic E-state index is 6.17. The van der Waals surface area contributed by atoms with Crippen LogP contribution in [-0.4, -0.2) is 20.3 Å². The molecule has 2 saturated carbocycles. The van der Waals surface area contributed by atoms with Crippen molar-refractivity contribution in [1.29, 1.82) is 0 Å². The van der Waals surface area contributed by atoms with Crippen LogP contribution in [-0.2, 0) is 4.74 Å². The fraction of sp³-hybridized carbons (Fsp3) is 1.00. The number of nitrogens with two attached hydrogens (primary N) is 1. The van der Waals surface area contributed by atoms with E-state index in [9.17, 15) is 0 Å². The van der Waals surface area contributed by atoms with Crippen molar-refractivity contribution in [3.63, 3.8) is 0 Å². The summed E-state index contributed by atoms with van der Waals surface area (Å²) >= 11 is 0. The van der Waals surface area contributed by atoms with Crippen molar-refractivity contribution in [2.45, 2.75) is 51.4 Å². The fourth-order valence-electron chi connectivity index (χ4n) is 4.23. The lowest BCUT2D eigenvalue weighted by Crippen LogP contribution is -2.46. The highest BCUT2D eigenvalue weighted by atomic mass is 16.5. The highest BCUT2D eigenvalue weighted by Gasteiger charge is 2.45. The Labute approximate surface area is 99.9 Å². The highest BCUT2D eigenvalue weighted by Crippen LogP contribution is 2.50. The summed E-state index contributed by atoms with van der Waals surface area (Å²) in [5, 5.41) is 0. The van der Waals surface area contributed by atoms with E-state index in [2.05, 4.69) is 0 Å². The van der Waals surface area contributed by atoms with Crippen LogP contribution in [0, 0.1) is 17.3 Å². The SMILES string of the molecule is COCC(CN)(C1CCCC1)C1CCCC1. The van der Waals surface area contributed by atoms with Gasteiger partial charge in [0.05, 0.1) is 6.61 Å². The molecule has 2 rings (SSSR count). The first kappa shape index (κ1) is 12.4. The third-order valence-electron chi connectivity index (χ3n) is 5.13. The lowest BCUT2D eigenvalue weighted by molar-refractivity contribution is -0.00792. The van der Waals surface area contributed by atoms with Gasteiger partial charge in [-0.25, -0.2) is 0 Å². The molecule has 0 radical (unpaired) electrons. The Morgan fingerprint density at radius 2 is 1.44 bits per heavy atom. The Kier molecular flexibility index (Phi) is 4.26. The van der Waals surface area contributed by atoms with Gasteiger partial charge in [0.1, 0.15) is 0 Å². The molecule has 2 nitrogen and oxygen atoms in total. The van der Waals surface area contributed by atoms with Gasteiger partial charge in [0.2, 0.25) is 0 Å². The molecule has 0 aromatic heterocycles. The Hall–Kier alpha value is -0.0800. The van der Waals surface area contributed by atoms with Crippen LogP contribution < -0.4 is 5.73 Å². The molecule has 2 N–H and O–H groups in total. The molecule has 94 valence electrons.